The quantitative estimate of drug-likeness (QED) is 0.641. The first-order valence-electron chi connectivity index (χ1n) is 8.94. The summed E-state index contributed by atoms with van der Waals surface area (Å²) in [5.41, 5.74) is 0.185. The van der Waals surface area contributed by atoms with Crippen LogP contribution in [-0.2, 0) is 16.8 Å². The molecule has 0 aliphatic carbocycles. The maximum absolute atomic E-state index is 13.1. The Labute approximate surface area is 167 Å². The number of para-hydroxylation sites is 1. The van der Waals surface area contributed by atoms with Gasteiger partial charge < -0.3 is 14.4 Å². The monoisotopic (exact) mass is 395 g/mol. The van der Waals surface area contributed by atoms with Crippen molar-refractivity contribution in [1.29, 1.82) is 0 Å². The highest BCUT2D eigenvalue weighted by molar-refractivity contribution is 6.30. The first-order chi connectivity index (χ1) is 13.5. The van der Waals surface area contributed by atoms with Gasteiger partial charge in [-0.3, -0.25) is 9.59 Å². The lowest BCUT2D eigenvalue weighted by atomic mass is 9.89. The first-order valence-corrected chi connectivity index (χ1v) is 9.32. The first kappa shape index (κ1) is 18.5. The molecule has 3 aromatic rings. The topological polar surface area (TPSA) is 70.8 Å². The van der Waals surface area contributed by atoms with Crippen LogP contribution in [0.3, 0.4) is 0 Å². The molecule has 1 N–H and O–H groups in total. The summed E-state index contributed by atoms with van der Waals surface area (Å²) in [5.74, 6) is -0.795. The van der Waals surface area contributed by atoms with E-state index in [1.54, 1.807) is 41.3 Å². The molecule has 1 unspecified atom stereocenters. The van der Waals surface area contributed by atoms with Crippen LogP contribution in [0.5, 0.6) is 0 Å². The molecule has 2 aromatic carbocycles. The summed E-state index contributed by atoms with van der Waals surface area (Å²) in [5, 5.41) is 11.9. The van der Waals surface area contributed by atoms with E-state index >= 15 is 0 Å². The number of aliphatic hydroxyl groups is 1. The molecule has 1 aromatic heterocycles. The fourth-order valence-corrected chi connectivity index (χ4v) is 3.67. The van der Waals surface area contributed by atoms with Crippen LogP contribution in [0.4, 0.5) is 5.69 Å². The highest BCUT2D eigenvalue weighted by Gasteiger charge is 2.50. The van der Waals surface area contributed by atoms with Gasteiger partial charge in [-0.2, -0.15) is 0 Å². The van der Waals surface area contributed by atoms with E-state index in [0.717, 1.165) is 5.56 Å². The molecule has 1 atom stereocenters. The van der Waals surface area contributed by atoms with Gasteiger partial charge in [-0.25, -0.2) is 0 Å². The Kier molecular flexibility index (Phi) is 4.79. The third-order valence-corrected chi connectivity index (χ3v) is 5.24. The number of rotatable bonds is 6. The molecule has 0 radical (unpaired) electrons. The fourth-order valence-electron chi connectivity index (χ4n) is 3.55. The van der Waals surface area contributed by atoms with Crippen molar-refractivity contribution in [3.63, 3.8) is 0 Å². The predicted molar refractivity (Wildman–Crippen MR) is 106 cm³/mol. The Morgan fingerprint density at radius 2 is 1.82 bits per heavy atom. The Morgan fingerprint density at radius 3 is 2.54 bits per heavy atom. The minimum Gasteiger partial charge on any atom is -0.461 e. The van der Waals surface area contributed by atoms with Gasteiger partial charge in [0.05, 0.1) is 18.4 Å². The Morgan fingerprint density at radius 1 is 1.07 bits per heavy atom. The van der Waals surface area contributed by atoms with Crippen LogP contribution >= 0.6 is 11.6 Å². The van der Waals surface area contributed by atoms with Crippen molar-refractivity contribution < 1.29 is 19.1 Å². The minimum absolute atomic E-state index is 0.123. The van der Waals surface area contributed by atoms with Crippen molar-refractivity contribution in [2.24, 2.45) is 0 Å². The van der Waals surface area contributed by atoms with Crippen molar-refractivity contribution in [2.45, 2.75) is 18.4 Å². The second-order valence-corrected chi connectivity index (χ2v) is 7.22. The number of ketones is 1. The molecule has 28 heavy (non-hydrogen) atoms. The van der Waals surface area contributed by atoms with Crippen LogP contribution < -0.4 is 4.90 Å². The molecule has 0 fully saturated rings. The van der Waals surface area contributed by atoms with Crippen LogP contribution in [0.1, 0.15) is 28.1 Å². The summed E-state index contributed by atoms with van der Waals surface area (Å²) in [6.45, 7) is 0.384. The van der Waals surface area contributed by atoms with Crippen LogP contribution in [0.15, 0.2) is 71.3 Å². The highest BCUT2D eigenvalue weighted by atomic mass is 35.5. The number of hydrogen-bond donors (Lipinski definition) is 1. The molecule has 2 heterocycles. The molecule has 1 aliphatic rings. The summed E-state index contributed by atoms with van der Waals surface area (Å²) in [4.78, 5) is 27.2. The summed E-state index contributed by atoms with van der Waals surface area (Å²) < 4.78 is 5.12. The molecule has 1 amide bonds. The maximum atomic E-state index is 13.1. The third-order valence-electron chi connectivity index (χ3n) is 4.99. The Hall–Kier alpha value is -2.89. The van der Waals surface area contributed by atoms with Gasteiger partial charge in [0.25, 0.3) is 5.91 Å². The average Bonchev–Trinajstić information content (AvgIpc) is 3.30. The summed E-state index contributed by atoms with van der Waals surface area (Å²) >= 11 is 5.92. The molecule has 0 bridgehead atoms. The smallest absolute Gasteiger partial charge is 0.264 e. The van der Waals surface area contributed by atoms with Crippen LogP contribution in [0.25, 0.3) is 0 Å². The molecular formula is C22H18ClNO4. The minimum atomic E-state index is -1.90. The second kappa shape index (κ2) is 7.26. The molecule has 4 rings (SSSR count). The van der Waals surface area contributed by atoms with E-state index < -0.39 is 17.3 Å². The van der Waals surface area contributed by atoms with Gasteiger partial charge in [-0.1, -0.05) is 41.9 Å². The average molecular weight is 396 g/mol. The van der Waals surface area contributed by atoms with Gasteiger partial charge in [0.15, 0.2) is 11.4 Å². The van der Waals surface area contributed by atoms with E-state index in [2.05, 4.69) is 0 Å². The lowest BCUT2D eigenvalue weighted by molar-refractivity contribution is -0.135. The van der Waals surface area contributed by atoms with Crippen molar-refractivity contribution in [2.75, 3.05) is 11.4 Å². The van der Waals surface area contributed by atoms with E-state index in [1.807, 2.05) is 18.2 Å². The van der Waals surface area contributed by atoms with Crippen molar-refractivity contribution in [3.05, 3.63) is 88.8 Å². The van der Waals surface area contributed by atoms with Gasteiger partial charge in [0.1, 0.15) is 0 Å². The van der Waals surface area contributed by atoms with E-state index in [-0.39, 0.29) is 12.2 Å². The number of Topliss-reactive ketones (excluding diaryl/α,β-unsaturated/α-hetero) is 1. The Bertz CT molecular complexity index is 1010. The van der Waals surface area contributed by atoms with E-state index in [4.69, 9.17) is 16.0 Å². The van der Waals surface area contributed by atoms with Crippen molar-refractivity contribution in [3.8, 4) is 0 Å². The number of fused-ring (bicyclic) bond motifs is 1. The number of furan rings is 1. The van der Waals surface area contributed by atoms with Gasteiger partial charge in [-0.15, -0.1) is 0 Å². The number of carbonyl (C=O) groups is 2. The van der Waals surface area contributed by atoms with Gasteiger partial charge in [-0.05, 0) is 42.3 Å². The van der Waals surface area contributed by atoms with Crippen LogP contribution in [0, 0.1) is 0 Å². The third kappa shape index (κ3) is 3.23. The molecule has 0 spiro atoms. The number of benzene rings is 2. The van der Waals surface area contributed by atoms with Crippen LogP contribution in [0.2, 0.25) is 5.02 Å². The van der Waals surface area contributed by atoms with Gasteiger partial charge in [0.2, 0.25) is 5.78 Å². The van der Waals surface area contributed by atoms with E-state index in [1.165, 1.54) is 12.3 Å². The summed E-state index contributed by atoms with van der Waals surface area (Å²) in [7, 11) is 0. The van der Waals surface area contributed by atoms with Gasteiger partial charge in [0, 0.05) is 17.1 Å². The number of carbonyl (C=O) groups excluding carboxylic acids is 2. The number of amides is 1. The van der Waals surface area contributed by atoms with Gasteiger partial charge >= 0.3 is 0 Å². The summed E-state index contributed by atoms with van der Waals surface area (Å²) in [6, 6.07) is 17.6. The summed E-state index contributed by atoms with van der Waals surface area (Å²) in [6.07, 6.45) is 1.62. The zero-order valence-corrected chi connectivity index (χ0v) is 15.7. The molecule has 0 saturated carbocycles. The second-order valence-electron chi connectivity index (χ2n) is 6.79. The lowest BCUT2D eigenvalue weighted by Gasteiger charge is -2.22. The molecule has 1 aliphatic heterocycles. The molecule has 5 nitrogen and oxygen atoms in total. The number of nitrogens with zero attached hydrogens (tertiary/aromatic N) is 1. The zero-order valence-electron chi connectivity index (χ0n) is 15.0. The molecule has 6 heteroatoms. The molecule has 142 valence electrons. The SMILES string of the molecule is O=C(CC1(O)C(=O)N(CCc2ccc(Cl)cc2)c2ccccc21)c1ccco1. The van der Waals surface area contributed by atoms with Crippen molar-refractivity contribution in [1.82, 2.24) is 0 Å². The maximum Gasteiger partial charge on any atom is 0.264 e. The Balaban J connectivity index is 1.60. The van der Waals surface area contributed by atoms with Crippen LogP contribution in [-0.4, -0.2) is 23.3 Å². The molecular weight excluding hydrogens is 378 g/mol. The number of halogens is 1. The standard InChI is InChI=1S/C22H18ClNO4/c23-16-9-7-15(8-10-16)11-12-24-18-5-2-1-4-17(18)22(27,21(24)26)14-19(25)20-6-3-13-28-20/h1-10,13,27H,11-12,14H2. The number of hydrogen-bond acceptors (Lipinski definition) is 4. The lowest BCUT2D eigenvalue weighted by Crippen LogP contribution is -2.42. The largest absolute Gasteiger partial charge is 0.461 e. The number of anilines is 1. The highest BCUT2D eigenvalue weighted by Crippen LogP contribution is 2.42. The molecule has 0 saturated heterocycles. The zero-order chi connectivity index (χ0) is 19.7. The van der Waals surface area contributed by atoms with E-state index in [9.17, 15) is 14.7 Å². The predicted octanol–water partition coefficient (Wildman–Crippen LogP) is 3.98. The van der Waals surface area contributed by atoms with E-state index in [0.29, 0.717) is 29.2 Å². The fraction of sp³-hybridized carbons (Fsp3) is 0.182. The van der Waals surface area contributed by atoms with Crippen molar-refractivity contribution >= 4 is 29.0 Å². The normalized spacial score (nSPS) is 18.4.